The largest absolute Gasteiger partial charge is 0.323 e. The number of aromatic nitrogens is 4. The molecule has 1 atom stereocenters. The summed E-state index contributed by atoms with van der Waals surface area (Å²) in [6.45, 7) is 0.343. The molecule has 0 saturated carbocycles. The molecule has 0 N–H and O–H groups in total. The summed E-state index contributed by atoms with van der Waals surface area (Å²) < 4.78 is 34.3. The molecule has 1 aromatic carbocycles. The molecule has 1 aliphatic heterocycles. The van der Waals surface area contributed by atoms with Crippen LogP contribution in [0.3, 0.4) is 0 Å². The van der Waals surface area contributed by atoms with Crippen molar-refractivity contribution in [1.29, 1.82) is 0 Å². The first-order chi connectivity index (χ1) is 12.9. The lowest BCUT2D eigenvalue weighted by Gasteiger charge is -2.14. The van der Waals surface area contributed by atoms with Crippen LogP contribution >= 0.6 is 23.8 Å². The van der Waals surface area contributed by atoms with Gasteiger partial charge in [0, 0.05) is 48.9 Å². The minimum atomic E-state index is -0.737. The van der Waals surface area contributed by atoms with Crippen molar-refractivity contribution in [1.82, 2.24) is 18.7 Å². The van der Waals surface area contributed by atoms with E-state index in [0.717, 1.165) is 11.4 Å². The predicted molar refractivity (Wildman–Crippen MR) is 98.6 cm³/mol. The van der Waals surface area contributed by atoms with Crippen molar-refractivity contribution in [3.05, 3.63) is 69.2 Å². The molecule has 0 aliphatic carbocycles. The van der Waals surface area contributed by atoms with Gasteiger partial charge in [-0.25, -0.2) is 13.8 Å². The van der Waals surface area contributed by atoms with Crippen LogP contribution in [0.5, 0.6) is 0 Å². The second-order valence-corrected chi connectivity index (χ2v) is 7.32. The van der Waals surface area contributed by atoms with Crippen LogP contribution in [0.15, 0.2) is 30.9 Å². The number of fused-ring (bicyclic) bond motifs is 1. The fourth-order valence-corrected chi connectivity index (χ4v) is 4.13. The normalized spacial score (nSPS) is 15.9. The molecule has 0 saturated heterocycles. The number of halogens is 3. The summed E-state index contributed by atoms with van der Waals surface area (Å²) in [6, 6.07) is 2.38. The number of rotatable bonds is 3. The van der Waals surface area contributed by atoms with E-state index in [-0.39, 0.29) is 22.9 Å². The van der Waals surface area contributed by atoms with Crippen LogP contribution in [-0.4, -0.2) is 24.6 Å². The van der Waals surface area contributed by atoms with Crippen molar-refractivity contribution < 1.29 is 13.6 Å². The lowest BCUT2D eigenvalue weighted by Crippen LogP contribution is -2.15. The van der Waals surface area contributed by atoms with Gasteiger partial charge in [0.05, 0.1) is 11.4 Å². The highest BCUT2D eigenvalue weighted by Crippen LogP contribution is 2.37. The topological polar surface area (TPSA) is 44.8 Å². The van der Waals surface area contributed by atoms with Gasteiger partial charge in [0.25, 0.3) is 0 Å². The van der Waals surface area contributed by atoms with Crippen LogP contribution < -0.4 is 0 Å². The minimum Gasteiger partial charge on any atom is -0.323 e. The highest BCUT2D eigenvalue weighted by molar-refractivity contribution is 7.71. The maximum Gasteiger partial charge on any atom is 0.237 e. The van der Waals surface area contributed by atoms with Gasteiger partial charge in [-0.2, -0.15) is 0 Å². The first-order valence-corrected chi connectivity index (χ1v) is 9.09. The van der Waals surface area contributed by atoms with Crippen LogP contribution in [0, 0.1) is 16.4 Å². The molecule has 1 unspecified atom stereocenters. The summed E-state index contributed by atoms with van der Waals surface area (Å²) in [6.07, 6.45) is 5.04. The fourth-order valence-electron chi connectivity index (χ4n) is 3.67. The van der Waals surface area contributed by atoms with Crippen molar-refractivity contribution in [2.45, 2.75) is 25.3 Å². The van der Waals surface area contributed by atoms with Gasteiger partial charge in [-0.1, -0.05) is 11.6 Å². The van der Waals surface area contributed by atoms with E-state index < -0.39 is 17.6 Å². The first-order valence-electron chi connectivity index (χ1n) is 8.30. The molecule has 3 heterocycles. The molecular formula is C18H15ClF2N4OS. The molecule has 3 aromatic rings. The summed E-state index contributed by atoms with van der Waals surface area (Å²) in [7, 11) is 1.79. The molecule has 140 valence electrons. The fraction of sp³-hybridized carbons (Fsp3) is 0.278. The highest BCUT2D eigenvalue weighted by atomic mass is 35.5. The van der Waals surface area contributed by atoms with E-state index in [0.29, 0.717) is 17.7 Å². The average molecular weight is 409 g/mol. The van der Waals surface area contributed by atoms with Crippen LogP contribution in [-0.2, 0) is 26.4 Å². The van der Waals surface area contributed by atoms with Crippen LogP contribution in [0.4, 0.5) is 8.78 Å². The molecule has 4 rings (SSSR count). The third-order valence-corrected chi connectivity index (χ3v) is 5.81. The van der Waals surface area contributed by atoms with Crippen molar-refractivity contribution in [3.63, 3.8) is 0 Å². The number of benzene rings is 1. The standard InChI is InChI=1S/C18H15ClF2N4OS/c1-23-13(7-15(26)24-5-4-22-9-24)14-6-10(8-25(14)18(23)27)16-12(20)3-2-11(19)17(16)21/h2-5,9-10H,6-8H2,1H3. The number of carbonyl (C=O) groups excluding carboxylic acids is 1. The van der Waals surface area contributed by atoms with E-state index in [1.54, 1.807) is 17.8 Å². The van der Waals surface area contributed by atoms with Crippen molar-refractivity contribution in [3.8, 4) is 0 Å². The maximum atomic E-state index is 14.4. The number of carbonyl (C=O) groups is 1. The van der Waals surface area contributed by atoms with Gasteiger partial charge >= 0.3 is 0 Å². The number of nitrogens with zero attached hydrogens (tertiary/aromatic N) is 4. The summed E-state index contributed by atoms with van der Waals surface area (Å²) >= 11 is 11.3. The molecule has 0 amide bonds. The first kappa shape index (κ1) is 18.1. The molecule has 27 heavy (non-hydrogen) atoms. The van der Waals surface area contributed by atoms with E-state index in [1.165, 1.54) is 29.2 Å². The Kier molecular flexibility index (Phi) is 4.47. The van der Waals surface area contributed by atoms with E-state index in [1.807, 2.05) is 4.57 Å². The monoisotopic (exact) mass is 408 g/mol. The smallest absolute Gasteiger partial charge is 0.237 e. The number of hydrogen-bond donors (Lipinski definition) is 0. The highest BCUT2D eigenvalue weighted by Gasteiger charge is 2.33. The van der Waals surface area contributed by atoms with Gasteiger partial charge < -0.3 is 9.13 Å². The number of hydrogen-bond acceptors (Lipinski definition) is 3. The predicted octanol–water partition coefficient (Wildman–Crippen LogP) is 3.91. The molecular weight excluding hydrogens is 394 g/mol. The van der Waals surface area contributed by atoms with Gasteiger partial charge in [0.1, 0.15) is 18.0 Å². The third kappa shape index (κ3) is 2.93. The zero-order chi connectivity index (χ0) is 19.3. The second kappa shape index (κ2) is 6.69. The minimum absolute atomic E-state index is 0.0323. The van der Waals surface area contributed by atoms with Crippen molar-refractivity contribution in [2.75, 3.05) is 0 Å². The Bertz CT molecular complexity index is 1100. The Labute approximate surface area is 163 Å². The zero-order valence-electron chi connectivity index (χ0n) is 14.3. The van der Waals surface area contributed by atoms with Gasteiger partial charge in [-0.3, -0.25) is 9.36 Å². The van der Waals surface area contributed by atoms with Gasteiger partial charge in [0.2, 0.25) is 5.91 Å². The Morgan fingerprint density at radius 3 is 2.89 bits per heavy atom. The van der Waals surface area contributed by atoms with Gasteiger partial charge in [-0.15, -0.1) is 0 Å². The number of imidazole rings is 2. The molecule has 1 aliphatic rings. The van der Waals surface area contributed by atoms with E-state index in [2.05, 4.69) is 4.98 Å². The summed E-state index contributed by atoms with van der Waals surface area (Å²) in [5, 5.41) is -0.109. The van der Waals surface area contributed by atoms with E-state index in [9.17, 15) is 13.6 Å². The SMILES string of the molecule is Cn1c(CC(=O)n2ccnc2)c2n(c1=S)CC(c1c(F)ccc(Cl)c1F)C2. The van der Waals surface area contributed by atoms with Crippen LogP contribution in [0.25, 0.3) is 0 Å². The Morgan fingerprint density at radius 1 is 1.41 bits per heavy atom. The van der Waals surface area contributed by atoms with Crippen LogP contribution in [0.2, 0.25) is 5.02 Å². The van der Waals surface area contributed by atoms with Crippen molar-refractivity contribution >= 4 is 29.7 Å². The van der Waals surface area contributed by atoms with E-state index in [4.69, 9.17) is 23.8 Å². The summed E-state index contributed by atoms with van der Waals surface area (Å²) in [5.41, 5.74) is 1.53. The summed E-state index contributed by atoms with van der Waals surface area (Å²) in [4.78, 5) is 16.3. The summed E-state index contributed by atoms with van der Waals surface area (Å²) in [5.74, 6) is -1.95. The third-order valence-electron chi connectivity index (χ3n) is 5.02. The Hall–Kier alpha value is -2.32. The lowest BCUT2D eigenvalue weighted by atomic mass is 9.95. The second-order valence-electron chi connectivity index (χ2n) is 6.54. The quantitative estimate of drug-likeness (QED) is 0.487. The molecule has 9 heteroatoms. The molecule has 0 fully saturated rings. The Morgan fingerprint density at radius 2 is 2.19 bits per heavy atom. The van der Waals surface area contributed by atoms with Gasteiger partial charge in [-0.05, 0) is 30.8 Å². The van der Waals surface area contributed by atoms with E-state index >= 15 is 0 Å². The molecule has 5 nitrogen and oxygen atoms in total. The molecule has 2 aromatic heterocycles. The molecule has 0 spiro atoms. The lowest BCUT2D eigenvalue weighted by molar-refractivity contribution is 0.0911. The van der Waals surface area contributed by atoms with Gasteiger partial charge in [0.15, 0.2) is 4.77 Å². The average Bonchev–Trinajstić information content (AvgIpc) is 3.35. The zero-order valence-corrected chi connectivity index (χ0v) is 15.9. The molecule has 0 radical (unpaired) electrons. The Balaban J connectivity index is 1.70. The maximum absolute atomic E-state index is 14.4. The molecule has 0 bridgehead atoms. The van der Waals surface area contributed by atoms with Crippen molar-refractivity contribution in [2.24, 2.45) is 7.05 Å². The van der Waals surface area contributed by atoms with Crippen LogP contribution in [0.1, 0.15) is 27.7 Å².